The van der Waals surface area contributed by atoms with Crippen molar-refractivity contribution in [3.63, 3.8) is 0 Å². The van der Waals surface area contributed by atoms with Crippen LogP contribution in [-0.4, -0.2) is 78.2 Å². The molecule has 1 fully saturated rings. The first-order valence-corrected chi connectivity index (χ1v) is 8.92. The van der Waals surface area contributed by atoms with E-state index in [1.807, 2.05) is 0 Å². The summed E-state index contributed by atoms with van der Waals surface area (Å²) in [5.74, 6) is -0.277. The van der Waals surface area contributed by atoms with Gasteiger partial charge in [-0.3, -0.25) is 9.69 Å². The molecule has 2 aliphatic rings. The van der Waals surface area contributed by atoms with Gasteiger partial charge in [0.2, 0.25) is 0 Å². The molecule has 0 saturated carbocycles. The number of morpholine rings is 1. The molecule has 1 amide bonds. The number of β-amino-alcohol motifs (C(OH)–C–C–N with tert-alkyl or cyclic N) is 1. The first-order valence-electron chi connectivity index (χ1n) is 8.54. The van der Waals surface area contributed by atoms with Crippen LogP contribution in [0, 0.1) is 0 Å². The van der Waals surface area contributed by atoms with Crippen molar-refractivity contribution in [1.29, 1.82) is 0 Å². The van der Waals surface area contributed by atoms with E-state index < -0.39 is 12.1 Å². The summed E-state index contributed by atoms with van der Waals surface area (Å²) in [6.45, 7) is 5.26. The molecule has 0 spiro atoms. The average molecular weight is 380 g/mol. The van der Waals surface area contributed by atoms with E-state index in [0.717, 1.165) is 13.1 Å². The number of aliphatic hydroxyl groups excluding tert-OH is 1. The molecule has 0 radical (unpaired) electrons. The van der Waals surface area contributed by atoms with Gasteiger partial charge in [0.25, 0.3) is 5.91 Å². The number of carbonyl (C=O) groups is 1. The lowest BCUT2D eigenvalue weighted by molar-refractivity contribution is -0.131. The quantitative estimate of drug-likeness (QED) is 0.762. The summed E-state index contributed by atoms with van der Waals surface area (Å²) in [6.07, 6.45) is -0.680. The molecular formula is C17H22ClN5O3. The number of aliphatic hydroxyl groups is 1. The monoisotopic (exact) mass is 379 g/mol. The summed E-state index contributed by atoms with van der Waals surface area (Å²) in [6, 6.07) is 6.12. The van der Waals surface area contributed by atoms with E-state index in [-0.39, 0.29) is 12.5 Å². The number of hydrogen-bond donors (Lipinski definition) is 1. The summed E-state index contributed by atoms with van der Waals surface area (Å²) in [7, 11) is 0. The minimum atomic E-state index is -0.749. The fourth-order valence-electron chi connectivity index (χ4n) is 2.85. The standard InChI is InChI=1S/C17H22ClN5O3/c1-12-16(20-19-14-4-2-13(18)3-5-14)17(25)23(21-12)11-15(24)10-22-6-8-26-9-7-22/h2-5,15-16,24H,6-11H2,1H3. The van der Waals surface area contributed by atoms with Gasteiger partial charge in [-0.2, -0.15) is 15.3 Å². The van der Waals surface area contributed by atoms with Crippen LogP contribution in [-0.2, 0) is 9.53 Å². The number of rotatable bonds is 6. The molecule has 1 aromatic carbocycles. The Balaban J connectivity index is 1.55. The lowest BCUT2D eigenvalue weighted by Gasteiger charge is -2.29. The van der Waals surface area contributed by atoms with Crippen LogP contribution < -0.4 is 0 Å². The third-order valence-corrected chi connectivity index (χ3v) is 4.49. The topological polar surface area (TPSA) is 90.1 Å². The van der Waals surface area contributed by atoms with Crippen molar-refractivity contribution >= 4 is 28.9 Å². The smallest absolute Gasteiger partial charge is 0.275 e. The molecule has 1 aromatic rings. The van der Waals surface area contributed by atoms with E-state index in [1.165, 1.54) is 5.01 Å². The summed E-state index contributed by atoms with van der Waals surface area (Å²) >= 11 is 5.84. The molecule has 0 aromatic heterocycles. The number of benzene rings is 1. The van der Waals surface area contributed by atoms with E-state index in [1.54, 1.807) is 31.2 Å². The minimum Gasteiger partial charge on any atom is -0.390 e. The third-order valence-electron chi connectivity index (χ3n) is 4.23. The summed E-state index contributed by atoms with van der Waals surface area (Å²) in [4.78, 5) is 14.6. The molecule has 9 heteroatoms. The molecule has 0 aliphatic carbocycles. The molecule has 140 valence electrons. The Morgan fingerprint density at radius 2 is 2.00 bits per heavy atom. The van der Waals surface area contributed by atoms with Gasteiger partial charge in [0, 0.05) is 24.7 Å². The Bertz CT molecular complexity index is 688. The molecule has 2 aliphatic heterocycles. The van der Waals surface area contributed by atoms with E-state index in [0.29, 0.717) is 36.2 Å². The Kier molecular flexibility index (Phi) is 6.31. The summed E-state index contributed by atoms with van der Waals surface area (Å²) in [5, 5.41) is 24.6. The van der Waals surface area contributed by atoms with Crippen LogP contribution in [0.25, 0.3) is 0 Å². The number of halogens is 1. The molecular weight excluding hydrogens is 358 g/mol. The van der Waals surface area contributed by atoms with Crippen LogP contribution in [0.2, 0.25) is 5.02 Å². The molecule has 26 heavy (non-hydrogen) atoms. The largest absolute Gasteiger partial charge is 0.390 e. The predicted molar refractivity (Wildman–Crippen MR) is 97.8 cm³/mol. The summed E-state index contributed by atoms with van der Waals surface area (Å²) < 4.78 is 5.29. The lowest BCUT2D eigenvalue weighted by Crippen LogP contribution is -2.44. The van der Waals surface area contributed by atoms with E-state index in [4.69, 9.17) is 16.3 Å². The van der Waals surface area contributed by atoms with Gasteiger partial charge < -0.3 is 9.84 Å². The van der Waals surface area contributed by atoms with Gasteiger partial charge in [-0.1, -0.05) is 11.6 Å². The van der Waals surface area contributed by atoms with Crippen LogP contribution in [0.3, 0.4) is 0 Å². The molecule has 0 bridgehead atoms. The molecule has 2 heterocycles. The number of ether oxygens (including phenoxy) is 1. The Hall–Kier alpha value is -1.87. The van der Waals surface area contributed by atoms with Crippen molar-refractivity contribution < 1.29 is 14.6 Å². The van der Waals surface area contributed by atoms with Gasteiger partial charge in [0.05, 0.1) is 37.3 Å². The van der Waals surface area contributed by atoms with Gasteiger partial charge in [0.1, 0.15) is 0 Å². The Morgan fingerprint density at radius 1 is 1.31 bits per heavy atom. The van der Waals surface area contributed by atoms with E-state index in [2.05, 4.69) is 20.2 Å². The third kappa shape index (κ3) is 4.85. The van der Waals surface area contributed by atoms with Crippen molar-refractivity contribution in [2.75, 3.05) is 39.4 Å². The number of hydrazone groups is 1. The highest BCUT2D eigenvalue weighted by Gasteiger charge is 2.35. The second-order valence-corrected chi connectivity index (χ2v) is 6.76. The molecule has 1 N–H and O–H groups in total. The molecule has 8 nitrogen and oxygen atoms in total. The second kappa shape index (κ2) is 8.68. The van der Waals surface area contributed by atoms with E-state index in [9.17, 15) is 9.90 Å². The van der Waals surface area contributed by atoms with Crippen molar-refractivity contribution in [3.8, 4) is 0 Å². The zero-order chi connectivity index (χ0) is 18.5. The van der Waals surface area contributed by atoms with Gasteiger partial charge >= 0.3 is 0 Å². The summed E-state index contributed by atoms with van der Waals surface area (Å²) in [5.41, 5.74) is 1.17. The highest BCUT2D eigenvalue weighted by Crippen LogP contribution is 2.19. The van der Waals surface area contributed by atoms with Crippen LogP contribution in [0.15, 0.2) is 39.6 Å². The average Bonchev–Trinajstić information content (AvgIpc) is 2.89. The molecule has 3 rings (SSSR count). The molecule has 1 saturated heterocycles. The first kappa shape index (κ1) is 18.9. The first-order chi connectivity index (χ1) is 12.5. The number of carbonyl (C=O) groups excluding carboxylic acids is 1. The Morgan fingerprint density at radius 3 is 2.69 bits per heavy atom. The van der Waals surface area contributed by atoms with Crippen LogP contribution >= 0.6 is 11.6 Å². The minimum absolute atomic E-state index is 0.139. The maximum absolute atomic E-state index is 12.5. The predicted octanol–water partition coefficient (Wildman–Crippen LogP) is 1.70. The number of amides is 1. The van der Waals surface area contributed by atoms with Crippen LogP contribution in [0.4, 0.5) is 5.69 Å². The van der Waals surface area contributed by atoms with Gasteiger partial charge in [0.15, 0.2) is 6.04 Å². The fraction of sp³-hybridized carbons (Fsp3) is 0.529. The maximum Gasteiger partial charge on any atom is 0.275 e. The maximum atomic E-state index is 12.5. The molecule has 2 atom stereocenters. The van der Waals surface area contributed by atoms with Crippen molar-refractivity contribution in [2.45, 2.75) is 19.1 Å². The highest BCUT2D eigenvalue weighted by molar-refractivity contribution is 6.30. The second-order valence-electron chi connectivity index (χ2n) is 6.32. The fourth-order valence-corrected chi connectivity index (χ4v) is 2.98. The molecule has 2 unspecified atom stereocenters. The van der Waals surface area contributed by atoms with Crippen molar-refractivity contribution in [2.24, 2.45) is 15.3 Å². The van der Waals surface area contributed by atoms with Gasteiger partial charge in [-0.05, 0) is 31.2 Å². The van der Waals surface area contributed by atoms with Crippen molar-refractivity contribution in [3.05, 3.63) is 29.3 Å². The number of nitrogens with zero attached hydrogens (tertiary/aromatic N) is 5. The zero-order valence-corrected chi connectivity index (χ0v) is 15.3. The zero-order valence-electron chi connectivity index (χ0n) is 14.6. The number of hydrogen-bond acceptors (Lipinski definition) is 7. The highest BCUT2D eigenvalue weighted by atomic mass is 35.5. The van der Waals surface area contributed by atoms with E-state index >= 15 is 0 Å². The normalized spacial score (nSPS) is 22.9. The lowest BCUT2D eigenvalue weighted by atomic mass is 10.2. The van der Waals surface area contributed by atoms with Gasteiger partial charge in [-0.15, -0.1) is 0 Å². The van der Waals surface area contributed by atoms with Crippen molar-refractivity contribution in [1.82, 2.24) is 9.91 Å². The van der Waals surface area contributed by atoms with Crippen LogP contribution in [0.5, 0.6) is 0 Å². The van der Waals surface area contributed by atoms with Gasteiger partial charge in [-0.25, -0.2) is 5.01 Å². The Labute approximate surface area is 157 Å². The SMILES string of the molecule is CC1=NN(CC(O)CN2CCOCC2)C(=O)C1N=Nc1ccc(Cl)cc1. The number of azo groups is 1. The van der Waals surface area contributed by atoms with Crippen LogP contribution in [0.1, 0.15) is 6.92 Å².